The number of alkyl halides is 3. The zero-order chi connectivity index (χ0) is 19.3. The Balaban J connectivity index is 2.38. The van der Waals surface area contributed by atoms with E-state index in [0.717, 1.165) is 12.3 Å². The van der Waals surface area contributed by atoms with Gasteiger partial charge < -0.3 is 9.94 Å². The standard InChI is InChI=1S/C17H15Cl2F3N2O2/c1-9(2)26-8-16(17(20,21)22)12-5-10(18)3-4-14(12)23-15-13(16)6-11(19)7-24(15)25/h3-7,9,23H,8H2,1-2H3. The average molecular weight is 407 g/mol. The summed E-state index contributed by atoms with van der Waals surface area (Å²) in [4.78, 5) is 0. The van der Waals surface area contributed by atoms with Crippen molar-refractivity contribution in [3.05, 3.63) is 56.8 Å². The van der Waals surface area contributed by atoms with Crippen LogP contribution in [0.1, 0.15) is 25.0 Å². The van der Waals surface area contributed by atoms with Crippen molar-refractivity contribution in [2.75, 3.05) is 11.9 Å². The predicted molar refractivity (Wildman–Crippen MR) is 93.1 cm³/mol. The van der Waals surface area contributed by atoms with Crippen LogP contribution in [0.15, 0.2) is 30.5 Å². The Labute approximate surface area is 158 Å². The first kappa shape index (κ1) is 19.1. The first-order valence-corrected chi connectivity index (χ1v) is 8.50. The van der Waals surface area contributed by atoms with E-state index in [2.05, 4.69) is 5.32 Å². The van der Waals surface area contributed by atoms with E-state index in [1.165, 1.54) is 18.2 Å². The molecule has 4 nitrogen and oxygen atoms in total. The third-order valence-corrected chi connectivity index (χ3v) is 4.71. The molecule has 0 fully saturated rings. The monoisotopic (exact) mass is 406 g/mol. The molecule has 2 aromatic rings. The Hall–Kier alpha value is -1.70. The average Bonchev–Trinajstić information content (AvgIpc) is 2.51. The number of ether oxygens (including phenoxy) is 1. The summed E-state index contributed by atoms with van der Waals surface area (Å²) in [5.74, 6) is -0.242. The van der Waals surface area contributed by atoms with Crippen molar-refractivity contribution in [2.24, 2.45) is 0 Å². The van der Waals surface area contributed by atoms with E-state index >= 15 is 0 Å². The molecule has 1 atom stereocenters. The minimum Gasteiger partial charge on any atom is -0.711 e. The van der Waals surface area contributed by atoms with Gasteiger partial charge in [-0.15, -0.1) is 0 Å². The molecule has 0 spiro atoms. The summed E-state index contributed by atoms with van der Waals surface area (Å²) >= 11 is 11.9. The second kappa shape index (κ2) is 6.48. The van der Waals surface area contributed by atoms with Gasteiger partial charge in [-0.25, -0.2) is 10.0 Å². The molecular weight excluding hydrogens is 392 g/mol. The van der Waals surface area contributed by atoms with Crippen LogP contribution in [0.25, 0.3) is 0 Å². The Morgan fingerprint density at radius 3 is 2.46 bits per heavy atom. The highest BCUT2D eigenvalue weighted by atomic mass is 35.5. The normalized spacial score (nSPS) is 19.1. The fourth-order valence-electron chi connectivity index (χ4n) is 3.07. The van der Waals surface area contributed by atoms with Gasteiger partial charge in [0, 0.05) is 10.6 Å². The molecule has 0 aliphatic carbocycles. The van der Waals surface area contributed by atoms with E-state index in [1.54, 1.807) is 13.8 Å². The quantitative estimate of drug-likeness (QED) is 0.578. The summed E-state index contributed by atoms with van der Waals surface area (Å²) in [6, 6.07) is 5.23. The summed E-state index contributed by atoms with van der Waals surface area (Å²) in [6.45, 7) is 2.56. The summed E-state index contributed by atoms with van der Waals surface area (Å²) < 4.78 is 49.2. The molecule has 1 unspecified atom stereocenters. The van der Waals surface area contributed by atoms with Gasteiger partial charge in [0.25, 0.3) is 5.82 Å². The van der Waals surface area contributed by atoms with E-state index in [0.29, 0.717) is 4.73 Å². The second-order valence-electron chi connectivity index (χ2n) is 6.32. The van der Waals surface area contributed by atoms with Crippen molar-refractivity contribution in [1.82, 2.24) is 0 Å². The first-order valence-electron chi connectivity index (χ1n) is 7.75. The topological polar surface area (TPSA) is 48.2 Å². The first-order chi connectivity index (χ1) is 12.1. The van der Waals surface area contributed by atoms with Crippen LogP contribution in [0.3, 0.4) is 0 Å². The highest BCUT2D eigenvalue weighted by molar-refractivity contribution is 6.31. The lowest BCUT2D eigenvalue weighted by Crippen LogP contribution is -2.52. The van der Waals surface area contributed by atoms with Crippen molar-refractivity contribution in [2.45, 2.75) is 31.5 Å². The van der Waals surface area contributed by atoms with Gasteiger partial charge in [0.05, 0.1) is 23.3 Å². The molecule has 0 radical (unpaired) electrons. The van der Waals surface area contributed by atoms with E-state index in [-0.39, 0.29) is 32.7 Å². The van der Waals surface area contributed by atoms with E-state index < -0.39 is 24.3 Å². The van der Waals surface area contributed by atoms with Crippen LogP contribution in [0.5, 0.6) is 0 Å². The Morgan fingerprint density at radius 2 is 1.85 bits per heavy atom. The number of halogens is 5. The highest BCUT2D eigenvalue weighted by Gasteiger charge is 2.63. The van der Waals surface area contributed by atoms with Crippen molar-refractivity contribution in [3.8, 4) is 0 Å². The van der Waals surface area contributed by atoms with Crippen LogP contribution in [0, 0.1) is 5.21 Å². The molecule has 1 aliphatic heterocycles. The third-order valence-electron chi connectivity index (χ3n) is 4.27. The fourth-order valence-corrected chi connectivity index (χ4v) is 3.44. The van der Waals surface area contributed by atoms with Crippen LogP contribution >= 0.6 is 23.2 Å². The van der Waals surface area contributed by atoms with Crippen LogP contribution < -0.4 is 10.0 Å². The number of rotatable bonds is 3. The van der Waals surface area contributed by atoms with Gasteiger partial charge in [0.1, 0.15) is 11.9 Å². The summed E-state index contributed by atoms with van der Waals surface area (Å²) in [5, 5.41) is 15.0. The predicted octanol–water partition coefficient (Wildman–Crippen LogP) is 4.96. The molecule has 2 heterocycles. The molecule has 3 rings (SSSR count). The van der Waals surface area contributed by atoms with Crippen LogP contribution in [0.4, 0.5) is 24.7 Å². The molecule has 1 aliphatic rings. The van der Waals surface area contributed by atoms with Crippen molar-refractivity contribution in [3.63, 3.8) is 0 Å². The summed E-state index contributed by atoms with van der Waals surface area (Å²) in [5.41, 5.74) is -2.87. The van der Waals surface area contributed by atoms with Crippen molar-refractivity contribution < 1.29 is 22.6 Å². The second-order valence-corrected chi connectivity index (χ2v) is 7.20. The van der Waals surface area contributed by atoms with Crippen LogP contribution in [-0.2, 0) is 10.2 Å². The molecule has 140 valence electrons. The van der Waals surface area contributed by atoms with Gasteiger partial charge in [0.2, 0.25) is 0 Å². The molecule has 1 N–H and O–H groups in total. The van der Waals surface area contributed by atoms with E-state index in [4.69, 9.17) is 27.9 Å². The number of hydrogen-bond donors (Lipinski definition) is 1. The maximum absolute atomic E-state index is 14.5. The number of pyridine rings is 1. The molecule has 26 heavy (non-hydrogen) atoms. The van der Waals surface area contributed by atoms with Gasteiger partial charge in [-0.3, -0.25) is 0 Å². The molecule has 1 aromatic carbocycles. The van der Waals surface area contributed by atoms with Gasteiger partial charge in [-0.1, -0.05) is 23.2 Å². The largest absolute Gasteiger partial charge is 0.711 e. The highest BCUT2D eigenvalue weighted by Crippen LogP contribution is 2.54. The lowest BCUT2D eigenvalue weighted by Gasteiger charge is -2.40. The van der Waals surface area contributed by atoms with Crippen LogP contribution in [-0.4, -0.2) is 18.9 Å². The minimum atomic E-state index is -4.77. The van der Waals surface area contributed by atoms with E-state index in [1.807, 2.05) is 0 Å². The molecule has 1 aromatic heterocycles. The molecule has 0 saturated heterocycles. The molecular formula is C17H15Cl2F3N2O2. The SMILES string of the molecule is CC(C)OCC1(C(F)(F)F)c2cc(Cl)ccc2Nc2c1cc(Cl)c[n+]2[O-]. The smallest absolute Gasteiger partial charge is 0.405 e. The number of nitrogens with zero attached hydrogens (tertiary/aromatic N) is 1. The van der Waals surface area contributed by atoms with E-state index in [9.17, 15) is 18.4 Å². The zero-order valence-electron chi connectivity index (χ0n) is 13.8. The van der Waals surface area contributed by atoms with Crippen molar-refractivity contribution in [1.29, 1.82) is 0 Å². The van der Waals surface area contributed by atoms with Crippen LogP contribution in [0.2, 0.25) is 10.0 Å². The number of fused-ring (bicyclic) bond motifs is 2. The lowest BCUT2D eigenvalue weighted by atomic mass is 9.71. The number of aromatic nitrogens is 1. The van der Waals surface area contributed by atoms with Crippen molar-refractivity contribution >= 4 is 34.7 Å². The van der Waals surface area contributed by atoms with Gasteiger partial charge in [-0.05, 0) is 38.1 Å². The third kappa shape index (κ3) is 2.98. The fraction of sp³-hybridized carbons (Fsp3) is 0.353. The maximum Gasteiger partial charge on any atom is 0.405 e. The Morgan fingerprint density at radius 1 is 1.19 bits per heavy atom. The molecule has 0 bridgehead atoms. The number of benzene rings is 1. The van der Waals surface area contributed by atoms with Gasteiger partial charge in [-0.2, -0.15) is 13.2 Å². The number of anilines is 2. The number of hydrogen-bond acceptors (Lipinski definition) is 3. The summed E-state index contributed by atoms with van der Waals surface area (Å²) in [7, 11) is 0. The lowest BCUT2D eigenvalue weighted by molar-refractivity contribution is -0.590. The summed E-state index contributed by atoms with van der Waals surface area (Å²) in [6.07, 6.45) is -4.22. The molecule has 0 saturated carbocycles. The minimum absolute atomic E-state index is 0.107. The van der Waals surface area contributed by atoms with Gasteiger partial charge >= 0.3 is 6.18 Å². The Kier molecular flexibility index (Phi) is 4.75. The maximum atomic E-state index is 14.5. The molecule has 0 amide bonds. The zero-order valence-corrected chi connectivity index (χ0v) is 15.3. The Bertz CT molecular complexity index is 859. The molecule has 9 heteroatoms. The van der Waals surface area contributed by atoms with Gasteiger partial charge in [0.15, 0.2) is 5.41 Å². The number of nitrogens with one attached hydrogen (secondary N) is 1.